The van der Waals surface area contributed by atoms with Gasteiger partial charge >= 0.3 is 0 Å². The van der Waals surface area contributed by atoms with Gasteiger partial charge in [-0.2, -0.15) is 0 Å². The van der Waals surface area contributed by atoms with Crippen molar-refractivity contribution < 1.29 is 0 Å². The highest BCUT2D eigenvalue weighted by Crippen LogP contribution is 2.24. The molecule has 0 spiro atoms. The average molecular weight is 246 g/mol. The second-order valence-corrected chi connectivity index (χ2v) is 7.10. The molecular formula is C10H16NS3+. The molecule has 1 fully saturated rings. The molecule has 0 saturated carbocycles. The van der Waals surface area contributed by atoms with Crippen LogP contribution in [0.4, 0.5) is 0 Å². The minimum absolute atomic E-state index is 1.26. The zero-order valence-corrected chi connectivity index (χ0v) is 10.9. The van der Waals surface area contributed by atoms with E-state index >= 15 is 0 Å². The van der Waals surface area contributed by atoms with Gasteiger partial charge in [-0.3, -0.25) is 0 Å². The molecule has 0 radical (unpaired) electrons. The summed E-state index contributed by atoms with van der Waals surface area (Å²) in [5.74, 6) is 1.26. The third-order valence-corrected chi connectivity index (χ3v) is 6.46. The summed E-state index contributed by atoms with van der Waals surface area (Å²) < 4.78 is 5.52. The highest BCUT2D eigenvalue weighted by Gasteiger charge is 2.14. The Bertz CT molecular complexity index is 342. The first-order valence-corrected chi connectivity index (χ1v) is 8.34. The van der Waals surface area contributed by atoms with Crippen molar-refractivity contribution in [2.45, 2.75) is 30.4 Å². The molecule has 0 bridgehead atoms. The summed E-state index contributed by atoms with van der Waals surface area (Å²) in [5.41, 5.74) is 0. The molecule has 4 heteroatoms. The summed E-state index contributed by atoms with van der Waals surface area (Å²) in [7, 11) is 3.88. The van der Waals surface area contributed by atoms with Gasteiger partial charge in [-0.25, -0.2) is 4.58 Å². The molecule has 0 atom stereocenters. The molecule has 78 valence electrons. The second-order valence-electron chi connectivity index (χ2n) is 3.51. The van der Waals surface area contributed by atoms with Gasteiger partial charge in [0, 0.05) is 18.9 Å². The Morgan fingerprint density at radius 1 is 1.36 bits per heavy atom. The van der Waals surface area contributed by atoms with E-state index in [1.54, 1.807) is 0 Å². The van der Waals surface area contributed by atoms with Crippen LogP contribution in [-0.4, -0.2) is 18.8 Å². The molecule has 1 aromatic heterocycles. The van der Waals surface area contributed by atoms with Crippen LogP contribution in [0.1, 0.15) is 26.2 Å². The quantitative estimate of drug-likeness (QED) is 0.450. The van der Waals surface area contributed by atoms with E-state index in [2.05, 4.69) is 17.6 Å². The fourth-order valence-electron chi connectivity index (χ4n) is 1.58. The number of hydrogen-bond donors (Lipinski definition) is 0. The molecule has 0 unspecified atom stereocenters. The van der Waals surface area contributed by atoms with Crippen molar-refractivity contribution in [3.8, 4) is 0 Å². The van der Waals surface area contributed by atoms with Crippen LogP contribution in [0.15, 0.2) is 10.3 Å². The monoisotopic (exact) mass is 246 g/mol. The largest absolute Gasteiger partial charge is 0.268 e. The van der Waals surface area contributed by atoms with Crippen molar-refractivity contribution in [3.63, 3.8) is 0 Å². The van der Waals surface area contributed by atoms with Gasteiger partial charge in [-0.05, 0) is 22.5 Å². The van der Waals surface area contributed by atoms with Crippen LogP contribution < -0.4 is 9.25 Å². The van der Waals surface area contributed by atoms with Gasteiger partial charge in [0.1, 0.15) is 13.1 Å². The summed E-state index contributed by atoms with van der Waals surface area (Å²) >= 11 is 2.00. The highest BCUT2D eigenvalue weighted by molar-refractivity contribution is 8.02. The molecule has 14 heavy (non-hydrogen) atoms. The van der Waals surface area contributed by atoms with Crippen LogP contribution in [0.25, 0.3) is 0 Å². The molecule has 0 aliphatic carbocycles. The Morgan fingerprint density at radius 2 is 2.14 bits per heavy atom. The lowest BCUT2D eigenvalue weighted by Gasteiger charge is -1.89. The van der Waals surface area contributed by atoms with Crippen molar-refractivity contribution in [2.24, 2.45) is 0 Å². The summed E-state index contributed by atoms with van der Waals surface area (Å²) in [4.78, 5) is 0. The van der Waals surface area contributed by atoms with Crippen molar-refractivity contribution >= 4 is 32.4 Å². The minimum Gasteiger partial charge on any atom is -0.220 e. The van der Waals surface area contributed by atoms with E-state index in [0.29, 0.717) is 0 Å². The van der Waals surface area contributed by atoms with Gasteiger partial charge < -0.3 is 0 Å². The summed E-state index contributed by atoms with van der Waals surface area (Å²) in [6.45, 7) is 4.78. The first-order valence-electron chi connectivity index (χ1n) is 5.21. The van der Waals surface area contributed by atoms with Gasteiger partial charge in [-0.15, -0.1) is 11.8 Å². The Kier molecular flexibility index (Phi) is 4.08. The summed E-state index contributed by atoms with van der Waals surface area (Å²) in [5, 5.41) is 0. The fraction of sp³-hybridized carbons (Fsp3) is 0.700. The standard InChI is InChI=1S/C10H16NS3/c1-2-7-12-10-8-9(13-14-10)11-5-3-4-6-11/h8H,2-7H2,1H3/q+1. The number of rotatable bonds is 3. The third kappa shape index (κ3) is 2.61. The summed E-state index contributed by atoms with van der Waals surface area (Å²) in [6.07, 6.45) is 4.02. The zero-order chi connectivity index (χ0) is 9.80. The van der Waals surface area contributed by atoms with Crippen LogP contribution in [-0.2, 0) is 0 Å². The Hall–Kier alpha value is 0.200. The van der Waals surface area contributed by atoms with Crippen molar-refractivity contribution in [3.05, 3.63) is 10.7 Å². The highest BCUT2D eigenvalue weighted by atomic mass is 32.9. The molecule has 2 heterocycles. The van der Waals surface area contributed by atoms with E-state index in [0.717, 1.165) is 0 Å². The normalized spacial score (nSPS) is 16.5. The average Bonchev–Trinajstić information content (AvgIpc) is 2.85. The van der Waals surface area contributed by atoms with Gasteiger partial charge in [-0.1, -0.05) is 17.3 Å². The van der Waals surface area contributed by atoms with Crippen LogP contribution in [0.5, 0.6) is 0 Å². The second kappa shape index (κ2) is 5.33. The smallest absolute Gasteiger partial charge is 0.220 e. The van der Waals surface area contributed by atoms with Gasteiger partial charge in [0.15, 0.2) is 0 Å². The Balaban J connectivity index is 2.12. The lowest BCUT2D eigenvalue weighted by atomic mass is 10.4. The molecule has 0 N–H and O–H groups in total. The van der Waals surface area contributed by atoms with E-state index in [9.17, 15) is 0 Å². The number of thioether (sulfide) groups is 1. The molecule has 2 rings (SSSR count). The molecule has 1 aromatic rings. The lowest BCUT2D eigenvalue weighted by Crippen LogP contribution is -2.23. The molecular weight excluding hydrogens is 230 g/mol. The van der Waals surface area contributed by atoms with E-state index < -0.39 is 0 Å². The lowest BCUT2D eigenvalue weighted by molar-refractivity contribution is 0.705. The minimum atomic E-state index is 1.26. The number of nitrogens with zero attached hydrogens (tertiary/aromatic N) is 1. The number of hydrogen-bond acceptors (Lipinski definition) is 3. The molecule has 0 amide bonds. The van der Waals surface area contributed by atoms with Gasteiger partial charge in [0.25, 0.3) is 4.67 Å². The van der Waals surface area contributed by atoms with Crippen LogP contribution >= 0.6 is 32.4 Å². The molecule has 1 saturated heterocycles. The van der Waals surface area contributed by atoms with E-state index in [1.165, 1.54) is 47.0 Å². The van der Waals surface area contributed by atoms with Crippen molar-refractivity contribution in [2.75, 3.05) is 18.8 Å². The SMILES string of the molecule is CCCSc1cc(=[N+]2CCCC2)ss1. The topological polar surface area (TPSA) is 3.01 Å². The summed E-state index contributed by atoms with van der Waals surface area (Å²) in [6, 6.07) is 2.38. The molecule has 1 nitrogen and oxygen atoms in total. The zero-order valence-electron chi connectivity index (χ0n) is 8.49. The van der Waals surface area contributed by atoms with Crippen LogP contribution in [0.3, 0.4) is 0 Å². The predicted octanol–water partition coefficient (Wildman–Crippen LogP) is 2.88. The van der Waals surface area contributed by atoms with E-state index in [1.807, 2.05) is 32.4 Å². The van der Waals surface area contributed by atoms with Gasteiger partial charge in [0.05, 0.1) is 4.21 Å². The van der Waals surface area contributed by atoms with Crippen LogP contribution in [0.2, 0.25) is 0 Å². The fourth-order valence-corrected chi connectivity index (χ4v) is 5.40. The molecule has 1 aliphatic heterocycles. The van der Waals surface area contributed by atoms with Crippen molar-refractivity contribution in [1.29, 1.82) is 0 Å². The van der Waals surface area contributed by atoms with E-state index in [4.69, 9.17) is 0 Å². The van der Waals surface area contributed by atoms with Crippen LogP contribution in [0, 0.1) is 0 Å². The first-order chi connectivity index (χ1) is 6.90. The Morgan fingerprint density at radius 3 is 2.86 bits per heavy atom. The third-order valence-electron chi connectivity index (χ3n) is 2.32. The maximum absolute atomic E-state index is 2.52. The maximum Gasteiger partial charge on any atom is 0.268 e. The van der Waals surface area contributed by atoms with Crippen molar-refractivity contribution in [1.82, 2.24) is 4.58 Å². The van der Waals surface area contributed by atoms with E-state index in [-0.39, 0.29) is 0 Å². The molecule has 0 aromatic carbocycles. The molecule has 1 aliphatic rings. The maximum atomic E-state index is 2.52. The predicted molar refractivity (Wildman–Crippen MR) is 67.4 cm³/mol. The first kappa shape index (κ1) is 10.7. The van der Waals surface area contributed by atoms with Gasteiger partial charge in [0.2, 0.25) is 0 Å². The Labute approximate surface area is 96.9 Å².